The van der Waals surface area contributed by atoms with Gasteiger partial charge in [-0.1, -0.05) is 12.1 Å². The summed E-state index contributed by atoms with van der Waals surface area (Å²) in [5, 5.41) is 2.81. The molecule has 0 bridgehead atoms. The molecule has 6 nitrogen and oxygen atoms in total. The maximum atomic E-state index is 12.3. The molecular weight excluding hydrogens is 320 g/mol. The van der Waals surface area contributed by atoms with Crippen LogP contribution in [-0.4, -0.2) is 30.1 Å². The number of fused-ring (bicyclic) bond motifs is 2. The summed E-state index contributed by atoms with van der Waals surface area (Å²) in [4.78, 5) is 27.2. The number of nitrogens with one attached hydrogen (secondary N) is 2. The van der Waals surface area contributed by atoms with Gasteiger partial charge in [-0.2, -0.15) is 0 Å². The SMILES string of the molecule is O=C(NCCC1COc2ccccc2O1)c1cc2c([nH]c1=O)CCC2. The fourth-order valence-electron chi connectivity index (χ4n) is 3.33. The molecule has 1 aromatic heterocycles. The quantitative estimate of drug-likeness (QED) is 0.890. The number of hydrogen-bond donors (Lipinski definition) is 2. The Morgan fingerprint density at radius 3 is 2.96 bits per heavy atom. The summed E-state index contributed by atoms with van der Waals surface area (Å²) in [6.45, 7) is 0.873. The number of aromatic amines is 1. The van der Waals surface area contributed by atoms with E-state index < -0.39 is 0 Å². The third-order valence-electron chi connectivity index (χ3n) is 4.65. The Morgan fingerprint density at radius 2 is 2.08 bits per heavy atom. The van der Waals surface area contributed by atoms with Gasteiger partial charge < -0.3 is 19.8 Å². The number of benzene rings is 1. The van der Waals surface area contributed by atoms with E-state index in [4.69, 9.17) is 9.47 Å². The van der Waals surface area contributed by atoms with Crippen LogP contribution in [0.1, 0.15) is 34.5 Å². The van der Waals surface area contributed by atoms with E-state index in [1.54, 1.807) is 6.07 Å². The van der Waals surface area contributed by atoms with E-state index in [0.717, 1.165) is 42.0 Å². The van der Waals surface area contributed by atoms with Gasteiger partial charge in [0.25, 0.3) is 11.5 Å². The average molecular weight is 340 g/mol. The van der Waals surface area contributed by atoms with E-state index in [2.05, 4.69) is 10.3 Å². The third-order valence-corrected chi connectivity index (χ3v) is 4.65. The number of amides is 1. The molecule has 0 saturated heterocycles. The number of rotatable bonds is 4. The van der Waals surface area contributed by atoms with Crippen molar-refractivity contribution in [1.29, 1.82) is 0 Å². The van der Waals surface area contributed by atoms with Gasteiger partial charge in [0.2, 0.25) is 0 Å². The molecule has 0 saturated carbocycles. The van der Waals surface area contributed by atoms with E-state index >= 15 is 0 Å². The van der Waals surface area contributed by atoms with Crippen LogP contribution in [0.2, 0.25) is 0 Å². The first-order valence-electron chi connectivity index (χ1n) is 8.62. The van der Waals surface area contributed by atoms with Crippen molar-refractivity contribution < 1.29 is 14.3 Å². The minimum atomic E-state index is -0.340. The van der Waals surface area contributed by atoms with E-state index in [1.165, 1.54) is 0 Å². The molecule has 0 fully saturated rings. The molecule has 2 aliphatic rings. The monoisotopic (exact) mass is 340 g/mol. The van der Waals surface area contributed by atoms with Crippen molar-refractivity contribution in [3.8, 4) is 11.5 Å². The van der Waals surface area contributed by atoms with E-state index in [0.29, 0.717) is 19.6 Å². The molecule has 1 atom stereocenters. The first kappa shape index (κ1) is 15.7. The predicted molar refractivity (Wildman–Crippen MR) is 92.4 cm³/mol. The zero-order valence-corrected chi connectivity index (χ0v) is 13.8. The molecular formula is C19H20N2O4. The maximum Gasteiger partial charge on any atom is 0.261 e. The molecule has 1 aromatic carbocycles. The van der Waals surface area contributed by atoms with Gasteiger partial charge in [-0.15, -0.1) is 0 Å². The van der Waals surface area contributed by atoms with Crippen LogP contribution < -0.4 is 20.3 Å². The largest absolute Gasteiger partial charge is 0.486 e. The van der Waals surface area contributed by atoms with Gasteiger partial charge in [0.1, 0.15) is 18.3 Å². The van der Waals surface area contributed by atoms with Crippen molar-refractivity contribution in [3.63, 3.8) is 0 Å². The van der Waals surface area contributed by atoms with Crippen LogP contribution in [0.4, 0.5) is 0 Å². The molecule has 2 N–H and O–H groups in total. The molecule has 4 rings (SSSR count). The molecule has 1 unspecified atom stereocenters. The molecule has 1 aliphatic carbocycles. The highest BCUT2D eigenvalue weighted by atomic mass is 16.6. The second-order valence-electron chi connectivity index (χ2n) is 6.41. The van der Waals surface area contributed by atoms with Crippen LogP contribution in [0.5, 0.6) is 11.5 Å². The summed E-state index contributed by atoms with van der Waals surface area (Å²) in [5.41, 5.74) is 1.91. The highest BCUT2D eigenvalue weighted by Gasteiger charge is 2.21. The third kappa shape index (κ3) is 3.24. The van der Waals surface area contributed by atoms with E-state index in [9.17, 15) is 9.59 Å². The van der Waals surface area contributed by atoms with Gasteiger partial charge in [0.05, 0.1) is 0 Å². The van der Waals surface area contributed by atoms with Crippen molar-refractivity contribution in [2.75, 3.05) is 13.2 Å². The fourth-order valence-corrected chi connectivity index (χ4v) is 3.33. The molecule has 25 heavy (non-hydrogen) atoms. The maximum absolute atomic E-state index is 12.3. The molecule has 2 heterocycles. The van der Waals surface area contributed by atoms with Crippen LogP contribution in [0.3, 0.4) is 0 Å². The number of aromatic nitrogens is 1. The molecule has 0 spiro atoms. The lowest BCUT2D eigenvalue weighted by Gasteiger charge is -2.26. The number of carbonyl (C=O) groups is 1. The van der Waals surface area contributed by atoms with Gasteiger partial charge in [-0.3, -0.25) is 9.59 Å². The van der Waals surface area contributed by atoms with Crippen molar-refractivity contribution in [2.45, 2.75) is 31.8 Å². The number of pyridine rings is 1. The van der Waals surface area contributed by atoms with Gasteiger partial charge >= 0.3 is 0 Å². The van der Waals surface area contributed by atoms with Crippen LogP contribution >= 0.6 is 0 Å². The summed E-state index contributed by atoms with van der Waals surface area (Å²) < 4.78 is 11.5. The van der Waals surface area contributed by atoms with Crippen molar-refractivity contribution >= 4 is 5.91 Å². The van der Waals surface area contributed by atoms with Gasteiger partial charge in [0.15, 0.2) is 11.5 Å². The Labute approximate surface area is 145 Å². The number of H-pyrrole nitrogens is 1. The van der Waals surface area contributed by atoms with Gasteiger partial charge in [0, 0.05) is 18.7 Å². The standard InChI is InChI=1S/C19H20N2O4/c22-18(14-10-12-4-3-5-15(12)21-19(14)23)20-9-8-13-11-24-16-6-1-2-7-17(16)25-13/h1-2,6-7,10,13H,3-5,8-9,11H2,(H,20,22)(H,21,23). The van der Waals surface area contributed by atoms with Crippen molar-refractivity contribution in [3.05, 3.63) is 57.5 Å². The summed E-state index contributed by atoms with van der Waals surface area (Å²) in [7, 11) is 0. The topological polar surface area (TPSA) is 80.4 Å². The molecule has 0 radical (unpaired) electrons. The Balaban J connectivity index is 1.34. The summed E-state index contributed by atoms with van der Waals surface area (Å²) >= 11 is 0. The summed E-state index contributed by atoms with van der Waals surface area (Å²) in [6.07, 6.45) is 3.32. The van der Waals surface area contributed by atoms with Crippen LogP contribution in [0.25, 0.3) is 0 Å². The molecule has 1 aliphatic heterocycles. The minimum Gasteiger partial charge on any atom is -0.486 e. The Morgan fingerprint density at radius 1 is 1.24 bits per heavy atom. The Bertz CT molecular complexity index is 859. The highest BCUT2D eigenvalue weighted by Crippen LogP contribution is 2.31. The van der Waals surface area contributed by atoms with Crippen molar-refractivity contribution in [1.82, 2.24) is 10.3 Å². The minimum absolute atomic E-state index is 0.117. The van der Waals surface area contributed by atoms with E-state index in [-0.39, 0.29) is 23.1 Å². The summed E-state index contributed by atoms with van der Waals surface area (Å²) in [5.74, 6) is 1.13. The lowest BCUT2D eigenvalue weighted by molar-refractivity contribution is 0.0812. The lowest BCUT2D eigenvalue weighted by Crippen LogP contribution is -2.36. The highest BCUT2D eigenvalue weighted by molar-refractivity contribution is 5.94. The van der Waals surface area contributed by atoms with Crippen molar-refractivity contribution in [2.24, 2.45) is 0 Å². The number of para-hydroxylation sites is 2. The van der Waals surface area contributed by atoms with Crippen LogP contribution in [-0.2, 0) is 12.8 Å². The second kappa shape index (κ2) is 6.63. The normalized spacial score (nSPS) is 17.8. The first-order chi connectivity index (χ1) is 12.2. The Kier molecular flexibility index (Phi) is 4.17. The molecule has 6 heteroatoms. The molecule has 130 valence electrons. The number of hydrogen-bond acceptors (Lipinski definition) is 4. The lowest BCUT2D eigenvalue weighted by atomic mass is 10.1. The molecule has 2 aromatic rings. The zero-order valence-electron chi connectivity index (χ0n) is 13.8. The van der Waals surface area contributed by atoms with E-state index in [1.807, 2.05) is 24.3 Å². The summed E-state index contributed by atoms with van der Waals surface area (Å²) in [6, 6.07) is 9.26. The smallest absolute Gasteiger partial charge is 0.261 e. The van der Waals surface area contributed by atoms with Gasteiger partial charge in [-0.25, -0.2) is 0 Å². The van der Waals surface area contributed by atoms with Crippen LogP contribution in [0.15, 0.2) is 35.1 Å². The number of carbonyl (C=O) groups excluding carboxylic acids is 1. The molecule has 1 amide bonds. The zero-order chi connectivity index (χ0) is 17.2. The first-order valence-corrected chi connectivity index (χ1v) is 8.62. The second-order valence-corrected chi connectivity index (χ2v) is 6.41. The number of ether oxygens (including phenoxy) is 2. The fraction of sp³-hybridized carbons (Fsp3) is 0.368. The number of aryl methyl sites for hydroxylation is 2. The average Bonchev–Trinajstić information content (AvgIpc) is 3.08. The Hall–Kier alpha value is -2.76. The predicted octanol–water partition coefficient (Wildman–Crippen LogP) is 1.82. The van der Waals surface area contributed by atoms with Gasteiger partial charge in [-0.05, 0) is 43.0 Å². The van der Waals surface area contributed by atoms with Crippen LogP contribution in [0, 0.1) is 0 Å².